The van der Waals surface area contributed by atoms with Gasteiger partial charge in [0.25, 0.3) is 0 Å². The predicted octanol–water partition coefficient (Wildman–Crippen LogP) is 3.48. The molecule has 6 heteroatoms. The third-order valence-corrected chi connectivity index (χ3v) is 3.88. The Kier molecular flexibility index (Phi) is 3.93. The molecule has 0 aliphatic carbocycles. The molecule has 2 heterocycles. The number of ether oxygens (including phenoxy) is 3. The molecule has 0 unspecified atom stereocenters. The number of fused-ring (bicyclic) bond motifs is 1. The molecule has 0 bridgehead atoms. The topological polar surface area (TPSA) is 57.1 Å². The van der Waals surface area contributed by atoms with Crippen LogP contribution in [0.25, 0.3) is 6.08 Å². The highest BCUT2D eigenvalue weighted by Crippen LogP contribution is 2.33. The Morgan fingerprint density at radius 3 is 2.84 bits per heavy atom. The first-order chi connectivity index (χ1) is 12.2. The molecule has 0 fully saturated rings. The van der Waals surface area contributed by atoms with Gasteiger partial charge in [-0.2, -0.15) is 0 Å². The van der Waals surface area contributed by atoms with Crippen molar-refractivity contribution in [3.8, 4) is 11.5 Å². The first-order valence-electron chi connectivity index (χ1n) is 7.83. The molecule has 0 aromatic heterocycles. The van der Waals surface area contributed by atoms with Crippen molar-refractivity contribution in [2.45, 2.75) is 12.8 Å². The summed E-state index contributed by atoms with van der Waals surface area (Å²) in [7, 11) is 0. The molecular formula is C19H14FNO4. The van der Waals surface area contributed by atoms with E-state index in [9.17, 15) is 9.18 Å². The van der Waals surface area contributed by atoms with E-state index in [1.54, 1.807) is 24.3 Å². The lowest BCUT2D eigenvalue weighted by Crippen LogP contribution is -2.05. The summed E-state index contributed by atoms with van der Waals surface area (Å²) in [5.74, 6) is 0.867. The number of benzene rings is 2. The van der Waals surface area contributed by atoms with Gasteiger partial charge in [-0.1, -0.05) is 18.2 Å². The van der Waals surface area contributed by atoms with Crippen LogP contribution in [0.3, 0.4) is 0 Å². The lowest BCUT2D eigenvalue weighted by atomic mass is 10.1. The van der Waals surface area contributed by atoms with E-state index >= 15 is 0 Å². The van der Waals surface area contributed by atoms with Crippen LogP contribution >= 0.6 is 0 Å². The Labute approximate surface area is 143 Å². The molecule has 0 N–H and O–H groups in total. The van der Waals surface area contributed by atoms with Crippen LogP contribution in [0.1, 0.15) is 17.5 Å². The van der Waals surface area contributed by atoms with Crippen molar-refractivity contribution >= 4 is 17.9 Å². The van der Waals surface area contributed by atoms with Crippen molar-refractivity contribution in [2.75, 3.05) is 6.79 Å². The van der Waals surface area contributed by atoms with Crippen LogP contribution in [-0.4, -0.2) is 18.7 Å². The maximum absolute atomic E-state index is 13.2. The molecule has 0 spiro atoms. The zero-order valence-corrected chi connectivity index (χ0v) is 13.2. The summed E-state index contributed by atoms with van der Waals surface area (Å²) < 4.78 is 28.9. The molecule has 0 saturated heterocycles. The minimum absolute atomic E-state index is 0.194. The van der Waals surface area contributed by atoms with Gasteiger partial charge in [0.2, 0.25) is 6.79 Å². The van der Waals surface area contributed by atoms with Crippen LogP contribution in [0.2, 0.25) is 0 Å². The average Bonchev–Trinajstić information content (AvgIpc) is 3.19. The number of esters is 1. The molecule has 126 valence electrons. The van der Waals surface area contributed by atoms with E-state index in [0.29, 0.717) is 30.2 Å². The van der Waals surface area contributed by atoms with Crippen LogP contribution in [0.5, 0.6) is 11.5 Å². The number of hydrogen-bond acceptors (Lipinski definition) is 5. The zero-order chi connectivity index (χ0) is 17.2. The number of halogens is 1. The summed E-state index contributed by atoms with van der Waals surface area (Å²) in [5.41, 5.74) is 1.83. The van der Waals surface area contributed by atoms with Gasteiger partial charge in [-0.15, -0.1) is 0 Å². The van der Waals surface area contributed by atoms with Gasteiger partial charge in [-0.3, -0.25) is 0 Å². The molecule has 2 aromatic carbocycles. The van der Waals surface area contributed by atoms with Gasteiger partial charge < -0.3 is 14.2 Å². The van der Waals surface area contributed by atoms with Gasteiger partial charge in [-0.25, -0.2) is 14.2 Å². The van der Waals surface area contributed by atoms with Crippen LogP contribution in [-0.2, 0) is 16.0 Å². The summed E-state index contributed by atoms with van der Waals surface area (Å²) in [5, 5.41) is 0. The lowest BCUT2D eigenvalue weighted by Gasteiger charge is -2.00. The van der Waals surface area contributed by atoms with E-state index in [0.717, 1.165) is 11.1 Å². The summed E-state index contributed by atoms with van der Waals surface area (Å²) in [6.45, 7) is 0.194. The van der Waals surface area contributed by atoms with Crippen molar-refractivity contribution in [3.63, 3.8) is 0 Å². The van der Waals surface area contributed by atoms with Gasteiger partial charge in [0.05, 0.1) is 0 Å². The minimum atomic E-state index is -0.494. The van der Waals surface area contributed by atoms with E-state index < -0.39 is 5.97 Å². The smallest absolute Gasteiger partial charge is 0.363 e. The average molecular weight is 339 g/mol. The maximum atomic E-state index is 13.2. The van der Waals surface area contributed by atoms with E-state index in [1.807, 2.05) is 12.1 Å². The number of carbonyl (C=O) groups is 1. The molecule has 0 saturated carbocycles. The normalized spacial score (nSPS) is 16.9. The second kappa shape index (κ2) is 6.39. The van der Waals surface area contributed by atoms with Gasteiger partial charge >= 0.3 is 5.97 Å². The Hall–Kier alpha value is -3.15. The van der Waals surface area contributed by atoms with E-state index in [2.05, 4.69) is 4.99 Å². The minimum Gasteiger partial charge on any atom is -0.454 e. The second-order valence-corrected chi connectivity index (χ2v) is 5.67. The predicted molar refractivity (Wildman–Crippen MR) is 88.8 cm³/mol. The van der Waals surface area contributed by atoms with Gasteiger partial charge in [0, 0.05) is 6.42 Å². The van der Waals surface area contributed by atoms with E-state index in [4.69, 9.17) is 14.2 Å². The summed E-state index contributed by atoms with van der Waals surface area (Å²) >= 11 is 0. The number of cyclic esters (lactones) is 1. The van der Waals surface area contributed by atoms with Gasteiger partial charge in [0.1, 0.15) is 5.82 Å². The highest BCUT2D eigenvalue weighted by Gasteiger charge is 2.23. The van der Waals surface area contributed by atoms with Crippen molar-refractivity contribution in [3.05, 3.63) is 65.1 Å². The first kappa shape index (κ1) is 15.4. The van der Waals surface area contributed by atoms with Crippen LogP contribution < -0.4 is 9.47 Å². The first-order valence-corrected chi connectivity index (χ1v) is 7.83. The van der Waals surface area contributed by atoms with Crippen molar-refractivity contribution < 1.29 is 23.4 Å². The molecule has 0 atom stereocenters. The number of nitrogens with zero attached hydrogens (tertiary/aromatic N) is 1. The van der Waals surface area contributed by atoms with Crippen LogP contribution in [0.4, 0.5) is 4.39 Å². The molecule has 0 radical (unpaired) electrons. The number of aryl methyl sites for hydroxylation is 1. The standard InChI is InChI=1S/C19H14FNO4/c20-14-3-1-2-12(8-14)5-7-18-21-15(19(22)25-18)9-13-4-6-16-17(10-13)24-11-23-16/h1-4,6,8-10H,5,7,11H2/b15-9+. The SMILES string of the molecule is O=C1OC(CCc2cccc(F)c2)=N/C1=C/c1ccc2c(c1)OCO2. The summed E-state index contributed by atoms with van der Waals surface area (Å²) in [4.78, 5) is 16.2. The molecule has 2 aromatic rings. The van der Waals surface area contributed by atoms with E-state index in [-0.39, 0.29) is 18.3 Å². The van der Waals surface area contributed by atoms with E-state index in [1.165, 1.54) is 12.1 Å². The number of aliphatic imine (C=N–C) groups is 1. The largest absolute Gasteiger partial charge is 0.454 e. The molecule has 4 rings (SSSR count). The Morgan fingerprint density at radius 1 is 1.08 bits per heavy atom. The molecule has 2 aliphatic rings. The third-order valence-electron chi connectivity index (χ3n) is 3.88. The van der Waals surface area contributed by atoms with Gasteiger partial charge in [-0.05, 0) is 47.9 Å². The van der Waals surface area contributed by atoms with Crippen LogP contribution in [0.15, 0.2) is 53.2 Å². The molecular weight excluding hydrogens is 325 g/mol. The van der Waals surface area contributed by atoms with Crippen molar-refractivity contribution in [2.24, 2.45) is 4.99 Å². The van der Waals surface area contributed by atoms with Crippen LogP contribution in [0, 0.1) is 5.82 Å². The molecule has 0 amide bonds. The Morgan fingerprint density at radius 2 is 1.96 bits per heavy atom. The quantitative estimate of drug-likeness (QED) is 0.632. The monoisotopic (exact) mass is 339 g/mol. The fraction of sp³-hybridized carbons (Fsp3) is 0.158. The lowest BCUT2D eigenvalue weighted by molar-refractivity contribution is -0.130. The number of rotatable bonds is 4. The zero-order valence-electron chi connectivity index (χ0n) is 13.2. The van der Waals surface area contributed by atoms with Crippen molar-refractivity contribution in [1.29, 1.82) is 0 Å². The third kappa shape index (κ3) is 3.38. The summed E-state index contributed by atoms with van der Waals surface area (Å²) in [6.07, 6.45) is 2.61. The fourth-order valence-corrected chi connectivity index (χ4v) is 2.66. The van der Waals surface area contributed by atoms with Crippen molar-refractivity contribution in [1.82, 2.24) is 0 Å². The fourth-order valence-electron chi connectivity index (χ4n) is 2.66. The Balaban J connectivity index is 1.48. The molecule has 25 heavy (non-hydrogen) atoms. The summed E-state index contributed by atoms with van der Waals surface area (Å²) in [6, 6.07) is 11.7. The number of carbonyl (C=O) groups excluding carboxylic acids is 1. The number of hydrogen-bond donors (Lipinski definition) is 0. The van der Waals surface area contributed by atoms with Gasteiger partial charge in [0.15, 0.2) is 23.1 Å². The Bertz CT molecular complexity index is 904. The second-order valence-electron chi connectivity index (χ2n) is 5.67. The maximum Gasteiger partial charge on any atom is 0.363 e. The highest BCUT2D eigenvalue weighted by molar-refractivity contribution is 6.07. The molecule has 5 nitrogen and oxygen atoms in total. The molecule has 2 aliphatic heterocycles. The highest BCUT2D eigenvalue weighted by atomic mass is 19.1.